The van der Waals surface area contributed by atoms with Gasteiger partial charge in [-0.15, -0.1) is 24.8 Å². The zero-order valence-electron chi connectivity index (χ0n) is 20.4. The molecule has 3 rings (SSSR count). The summed E-state index contributed by atoms with van der Waals surface area (Å²) in [6.45, 7) is 8.90. The van der Waals surface area contributed by atoms with Gasteiger partial charge in [-0.25, -0.2) is 9.97 Å². The van der Waals surface area contributed by atoms with E-state index in [1.165, 1.54) is 0 Å². The first-order valence-electron chi connectivity index (χ1n) is 11.6. The molecule has 1 fully saturated rings. The second-order valence-electron chi connectivity index (χ2n) is 8.86. The number of carbonyl (C=O) groups excluding carboxylic acids is 1. The minimum atomic E-state index is -0.284. The van der Waals surface area contributed by atoms with Crippen molar-refractivity contribution >= 4 is 53.3 Å². The van der Waals surface area contributed by atoms with E-state index in [4.69, 9.17) is 10.1 Å². The number of hydrogen-bond donors (Lipinski definition) is 4. The van der Waals surface area contributed by atoms with Crippen molar-refractivity contribution in [2.75, 3.05) is 18.5 Å². The molecule has 2 aromatic rings. The number of aryl methyl sites for hydroxylation is 1. The summed E-state index contributed by atoms with van der Waals surface area (Å²) in [5.41, 5.74) is 1.85. The first kappa shape index (κ1) is 29.9. The van der Waals surface area contributed by atoms with Crippen molar-refractivity contribution in [3.63, 3.8) is 0 Å². The molecule has 2 atom stereocenters. The first-order chi connectivity index (χ1) is 15.3. The third-order valence-corrected chi connectivity index (χ3v) is 5.60. The summed E-state index contributed by atoms with van der Waals surface area (Å²) in [5, 5.41) is 18.5. The molecule has 1 heterocycles. The molecule has 1 amide bonds. The molecule has 190 valence electrons. The van der Waals surface area contributed by atoms with E-state index in [-0.39, 0.29) is 54.7 Å². The molecular formula is C24H38Cl2N6O2. The second-order valence-corrected chi connectivity index (χ2v) is 8.86. The van der Waals surface area contributed by atoms with Crippen LogP contribution in [-0.2, 0) is 4.74 Å². The summed E-state index contributed by atoms with van der Waals surface area (Å²) < 4.78 is 5.53. The summed E-state index contributed by atoms with van der Waals surface area (Å²) in [4.78, 5) is 21.9. The molecule has 1 saturated carbocycles. The lowest BCUT2D eigenvalue weighted by molar-refractivity contribution is 0.0756. The molecule has 0 unspecified atom stereocenters. The highest BCUT2D eigenvalue weighted by molar-refractivity contribution is 5.96. The zero-order chi connectivity index (χ0) is 23.1. The molecule has 8 nitrogen and oxygen atoms in total. The van der Waals surface area contributed by atoms with Gasteiger partial charge in [0.2, 0.25) is 5.82 Å². The number of rotatable bonds is 9. The van der Waals surface area contributed by atoms with Crippen LogP contribution in [0.3, 0.4) is 0 Å². The molecule has 1 aromatic carbocycles. The largest absolute Gasteiger partial charge is 0.379 e. The molecule has 0 aliphatic heterocycles. The van der Waals surface area contributed by atoms with Crippen molar-refractivity contribution in [3.05, 3.63) is 29.6 Å². The van der Waals surface area contributed by atoms with Crippen LogP contribution < -0.4 is 16.0 Å². The van der Waals surface area contributed by atoms with Gasteiger partial charge in [-0.05, 0) is 59.1 Å². The van der Waals surface area contributed by atoms with Crippen LogP contribution in [0.15, 0.2) is 18.2 Å². The summed E-state index contributed by atoms with van der Waals surface area (Å²) in [6.07, 6.45) is 5.17. The van der Waals surface area contributed by atoms with Gasteiger partial charge in [0.1, 0.15) is 5.82 Å². The Kier molecular flexibility index (Phi) is 12.6. The lowest BCUT2D eigenvalue weighted by atomic mass is 9.90. The predicted molar refractivity (Wildman–Crippen MR) is 143 cm³/mol. The Hall–Kier alpha value is -2.16. The molecule has 0 bridgehead atoms. The van der Waals surface area contributed by atoms with Crippen molar-refractivity contribution < 1.29 is 9.53 Å². The Labute approximate surface area is 214 Å². The van der Waals surface area contributed by atoms with Crippen molar-refractivity contribution in [2.45, 2.75) is 78.0 Å². The summed E-state index contributed by atoms with van der Waals surface area (Å²) in [6, 6.07) is 6.27. The van der Waals surface area contributed by atoms with Gasteiger partial charge in [-0.2, -0.15) is 0 Å². The second kappa shape index (κ2) is 14.3. The number of aromatic nitrogens is 2. The highest BCUT2D eigenvalue weighted by Gasteiger charge is 2.26. The highest BCUT2D eigenvalue weighted by atomic mass is 35.5. The van der Waals surface area contributed by atoms with Gasteiger partial charge >= 0.3 is 0 Å². The van der Waals surface area contributed by atoms with Crippen LogP contribution in [-0.4, -0.2) is 53.1 Å². The number of fused-ring (bicyclic) bond motifs is 1. The molecule has 0 spiro atoms. The van der Waals surface area contributed by atoms with Gasteiger partial charge in [0.15, 0.2) is 0 Å². The average molecular weight is 514 g/mol. The Morgan fingerprint density at radius 1 is 1.18 bits per heavy atom. The standard InChI is InChI=1S/C24H36N6O2.2ClH/c1-15(2)32-13-7-12-26-24(31)23-28-19-11-10-16(3)14-18(19)22(30-23)29-21-9-6-5-8-20(21)27-17(4)25;;/h10-11,14-15,20-21H,5-9,12-13H2,1-4H3,(H2,25,27)(H,26,31)(H,28,29,30);2*1H/t20-,21+;;/m1../s1. The molecule has 0 saturated heterocycles. The van der Waals surface area contributed by atoms with Gasteiger partial charge in [0, 0.05) is 30.6 Å². The Bertz CT molecular complexity index is 956. The van der Waals surface area contributed by atoms with Gasteiger partial charge in [-0.1, -0.05) is 24.5 Å². The molecule has 4 N–H and O–H groups in total. The van der Waals surface area contributed by atoms with Gasteiger partial charge in [0.25, 0.3) is 5.91 Å². The number of halogens is 2. The van der Waals surface area contributed by atoms with E-state index in [1.54, 1.807) is 6.92 Å². The number of amidine groups is 1. The molecule has 0 radical (unpaired) electrons. The van der Waals surface area contributed by atoms with Crippen LogP contribution in [0.5, 0.6) is 0 Å². The minimum Gasteiger partial charge on any atom is -0.379 e. The summed E-state index contributed by atoms with van der Waals surface area (Å²) >= 11 is 0. The van der Waals surface area contributed by atoms with Crippen molar-refractivity contribution in [1.82, 2.24) is 20.6 Å². The number of nitrogens with one attached hydrogen (secondary N) is 4. The van der Waals surface area contributed by atoms with Crippen molar-refractivity contribution in [1.29, 1.82) is 5.41 Å². The van der Waals surface area contributed by atoms with Crippen LogP contribution in [0, 0.1) is 12.3 Å². The zero-order valence-corrected chi connectivity index (χ0v) is 22.1. The number of nitrogens with zero attached hydrogens (tertiary/aromatic N) is 2. The number of hydrogen-bond acceptors (Lipinski definition) is 6. The molecule has 1 aliphatic carbocycles. The third kappa shape index (κ3) is 8.56. The van der Waals surface area contributed by atoms with E-state index in [0.717, 1.165) is 48.6 Å². The third-order valence-electron chi connectivity index (χ3n) is 5.60. The van der Waals surface area contributed by atoms with Gasteiger partial charge in [0.05, 0.1) is 17.5 Å². The Morgan fingerprint density at radius 2 is 1.88 bits per heavy atom. The predicted octanol–water partition coefficient (Wildman–Crippen LogP) is 4.64. The van der Waals surface area contributed by atoms with Crippen LogP contribution in [0.4, 0.5) is 5.82 Å². The molecule has 1 aliphatic rings. The molecule has 10 heteroatoms. The normalized spacial score (nSPS) is 17.4. The molecular weight excluding hydrogens is 475 g/mol. The van der Waals surface area contributed by atoms with E-state index in [2.05, 4.69) is 32.0 Å². The Balaban J connectivity index is 0.00000289. The number of anilines is 1. The van der Waals surface area contributed by atoms with Crippen LogP contribution >= 0.6 is 24.8 Å². The van der Waals surface area contributed by atoms with E-state index >= 15 is 0 Å². The fourth-order valence-electron chi connectivity index (χ4n) is 4.06. The smallest absolute Gasteiger partial charge is 0.289 e. The van der Waals surface area contributed by atoms with Gasteiger partial charge in [-0.3, -0.25) is 10.2 Å². The van der Waals surface area contributed by atoms with Crippen molar-refractivity contribution in [2.24, 2.45) is 0 Å². The number of amides is 1. The number of carbonyl (C=O) groups is 1. The van der Waals surface area contributed by atoms with Gasteiger partial charge < -0.3 is 20.7 Å². The monoisotopic (exact) mass is 512 g/mol. The maximum Gasteiger partial charge on any atom is 0.289 e. The maximum atomic E-state index is 12.8. The van der Waals surface area contributed by atoms with E-state index in [0.29, 0.717) is 24.8 Å². The van der Waals surface area contributed by atoms with E-state index in [9.17, 15) is 4.79 Å². The van der Waals surface area contributed by atoms with Crippen LogP contribution in [0.2, 0.25) is 0 Å². The number of benzene rings is 1. The summed E-state index contributed by atoms with van der Waals surface area (Å²) in [5.74, 6) is 1.02. The molecule has 1 aromatic heterocycles. The summed E-state index contributed by atoms with van der Waals surface area (Å²) in [7, 11) is 0. The van der Waals surface area contributed by atoms with Crippen molar-refractivity contribution in [3.8, 4) is 0 Å². The van der Waals surface area contributed by atoms with E-state index < -0.39 is 0 Å². The van der Waals surface area contributed by atoms with E-state index in [1.807, 2.05) is 32.9 Å². The SMILES string of the molecule is CC(=N)N[C@@H]1CCCC[C@@H]1Nc1nc(C(=O)NCCCOC(C)C)nc2ccc(C)cc12.Cl.Cl. The Morgan fingerprint density at radius 3 is 2.56 bits per heavy atom. The topological polar surface area (TPSA) is 112 Å². The minimum absolute atomic E-state index is 0. The quantitative estimate of drug-likeness (QED) is 0.221. The number of ether oxygens (including phenoxy) is 1. The lowest BCUT2D eigenvalue weighted by Crippen LogP contribution is -2.48. The van der Waals surface area contributed by atoms with Crippen LogP contribution in [0.1, 0.15) is 69.1 Å². The average Bonchev–Trinajstić information content (AvgIpc) is 2.74. The molecule has 34 heavy (non-hydrogen) atoms. The lowest BCUT2D eigenvalue weighted by Gasteiger charge is -2.33. The maximum absolute atomic E-state index is 12.8. The van der Waals surface area contributed by atoms with Crippen LogP contribution in [0.25, 0.3) is 10.9 Å². The fourth-order valence-corrected chi connectivity index (χ4v) is 4.06. The first-order valence-corrected chi connectivity index (χ1v) is 11.6. The fraction of sp³-hybridized carbons (Fsp3) is 0.583. The highest BCUT2D eigenvalue weighted by Crippen LogP contribution is 2.27.